The van der Waals surface area contributed by atoms with Crippen molar-refractivity contribution in [3.8, 4) is 0 Å². The van der Waals surface area contributed by atoms with E-state index in [9.17, 15) is 9.59 Å². The van der Waals surface area contributed by atoms with E-state index in [0.717, 1.165) is 29.3 Å². The lowest BCUT2D eigenvalue weighted by atomic mass is 9.94. The molecule has 1 aromatic heterocycles. The molecule has 1 aromatic carbocycles. The SMILES string of the molecule is CC(C)=CCN1C(=O)[C@H]2CC[C@@H]1CN(C(=O)Cc1c[nH]c3ccccc13)C2. The van der Waals surface area contributed by atoms with Crippen LogP contribution in [0.25, 0.3) is 10.9 Å². The summed E-state index contributed by atoms with van der Waals surface area (Å²) in [5, 5.41) is 1.10. The number of aromatic amines is 1. The summed E-state index contributed by atoms with van der Waals surface area (Å²) in [5.41, 5.74) is 3.30. The Morgan fingerprint density at radius 3 is 2.85 bits per heavy atom. The van der Waals surface area contributed by atoms with E-state index in [1.807, 2.05) is 40.3 Å². The highest BCUT2D eigenvalue weighted by molar-refractivity contribution is 5.89. The van der Waals surface area contributed by atoms with E-state index in [1.165, 1.54) is 5.57 Å². The lowest BCUT2D eigenvalue weighted by molar-refractivity contribution is -0.139. The largest absolute Gasteiger partial charge is 0.361 e. The molecule has 5 nitrogen and oxygen atoms in total. The predicted octanol–water partition coefficient (Wildman–Crippen LogP) is 3.13. The molecule has 0 radical (unpaired) electrons. The second-order valence-corrected chi connectivity index (χ2v) is 8.04. The second kappa shape index (κ2) is 7.22. The topological polar surface area (TPSA) is 56.4 Å². The number of allylic oxidation sites excluding steroid dienone is 1. The highest BCUT2D eigenvalue weighted by Crippen LogP contribution is 2.30. The van der Waals surface area contributed by atoms with Crippen LogP contribution in [0.2, 0.25) is 0 Å². The number of nitrogens with one attached hydrogen (secondary N) is 1. The fourth-order valence-electron chi connectivity index (χ4n) is 4.32. The summed E-state index contributed by atoms with van der Waals surface area (Å²) in [4.78, 5) is 33.0. The van der Waals surface area contributed by atoms with E-state index < -0.39 is 0 Å². The smallest absolute Gasteiger partial charge is 0.228 e. The normalized spacial score (nSPS) is 22.2. The number of carbonyl (C=O) groups excluding carboxylic acids is 2. The maximum absolute atomic E-state index is 13.0. The number of aromatic nitrogens is 1. The van der Waals surface area contributed by atoms with Gasteiger partial charge in [0.05, 0.1) is 12.3 Å². The third-order valence-corrected chi connectivity index (χ3v) is 5.86. The van der Waals surface area contributed by atoms with Gasteiger partial charge in [-0.25, -0.2) is 0 Å². The molecule has 2 bridgehead atoms. The molecule has 2 atom stereocenters. The molecule has 27 heavy (non-hydrogen) atoms. The van der Waals surface area contributed by atoms with Crippen molar-refractivity contribution in [3.63, 3.8) is 0 Å². The number of fused-ring (bicyclic) bond motifs is 5. The van der Waals surface area contributed by atoms with E-state index in [1.54, 1.807) is 0 Å². The van der Waals surface area contributed by atoms with Crippen LogP contribution in [0.1, 0.15) is 32.3 Å². The number of piperidine rings is 1. The van der Waals surface area contributed by atoms with Crippen LogP contribution in [0.4, 0.5) is 0 Å². The molecule has 3 fully saturated rings. The van der Waals surface area contributed by atoms with E-state index in [4.69, 9.17) is 0 Å². The Bertz CT molecular complexity index is 894. The van der Waals surface area contributed by atoms with Gasteiger partial charge in [0.2, 0.25) is 11.8 Å². The van der Waals surface area contributed by atoms with E-state index >= 15 is 0 Å². The maximum Gasteiger partial charge on any atom is 0.228 e. The Morgan fingerprint density at radius 2 is 2.04 bits per heavy atom. The van der Waals surface area contributed by atoms with Gasteiger partial charge in [0.1, 0.15) is 0 Å². The van der Waals surface area contributed by atoms with Crippen molar-refractivity contribution >= 4 is 22.7 Å². The third-order valence-electron chi connectivity index (χ3n) is 5.86. The van der Waals surface area contributed by atoms with Crippen molar-refractivity contribution in [2.24, 2.45) is 5.92 Å². The number of benzene rings is 1. The van der Waals surface area contributed by atoms with Crippen LogP contribution < -0.4 is 0 Å². The quantitative estimate of drug-likeness (QED) is 0.847. The molecule has 0 saturated carbocycles. The number of rotatable bonds is 4. The predicted molar refractivity (Wildman–Crippen MR) is 106 cm³/mol. The Labute approximate surface area is 160 Å². The lowest BCUT2D eigenvalue weighted by Gasteiger charge is -2.35. The first-order valence-electron chi connectivity index (χ1n) is 9.79. The fourth-order valence-corrected chi connectivity index (χ4v) is 4.32. The number of amides is 2. The number of para-hydroxylation sites is 1. The average molecular weight is 365 g/mol. The molecule has 0 unspecified atom stereocenters. The van der Waals surface area contributed by atoms with Gasteiger partial charge in [-0.3, -0.25) is 9.59 Å². The molecule has 4 heterocycles. The fraction of sp³-hybridized carbons (Fsp3) is 0.455. The van der Waals surface area contributed by atoms with Gasteiger partial charge in [-0.2, -0.15) is 0 Å². The molecule has 0 aliphatic carbocycles. The van der Waals surface area contributed by atoms with Crippen LogP contribution >= 0.6 is 0 Å². The molecule has 2 aromatic rings. The van der Waals surface area contributed by atoms with Gasteiger partial charge in [-0.1, -0.05) is 29.8 Å². The highest BCUT2D eigenvalue weighted by Gasteiger charge is 2.41. The molecule has 3 saturated heterocycles. The van der Waals surface area contributed by atoms with Crippen LogP contribution in [0.5, 0.6) is 0 Å². The van der Waals surface area contributed by atoms with Crippen molar-refractivity contribution in [2.45, 2.75) is 39.2 Å². The Morgan fingerprint density at radius 1 is 1.22 bits per heavy atom. The van der Waals surface area contributed by atoms with Crippen LogP contribution in [0.3, 0.4) is 0 Å². The van der Waals surface area contributed by atoms with Crippen molar-refractivity contribution in [1.29, 1.82) is 0 Å². The minimum absolute atomic E-state index is 0.0544. The number of H-pyrrole nitrogens is 1. The van der Waals surface area contributed by atoms with E-state index in [-0.39, 0.29) is 23.8 Å². The summed E-state index contributed by atoms with van der Waals surface area (Å²) in [6.45, 7) is 5.98. The zero-order chi connectivity index (χ0) is 19.0. The zero-order valence-corrected chi connectivity index (χ0v) is 16.1. The van der Waals surface area contributed by atoms with Crippen LogP contribution in [0, 0.1) is 5.92 Å². The van der Waals surface area contributed by atoms with Gasteiger partial charge in [-0.05, 0) is 38.3 Å². The van der Waals surface area contributed by atoms with Crippen molar-refractivity contribution in [3.05, 3.63) is 47.7 Å². The Kier molecular flexibility index (Phi) is 4.77. The first-order valence-corrected chi connectivity index (χ1v) is 9.79. The summed E-state index contributed by atoms with van der Waals surface area (Å²) in [5.74, 6) is 0.279. The van der Waals surface area contributed by atoms with Gasteiger partial charge in [0.15, 0.2) is 0 Å². The summed E-state index contributed by atoms with van der Waals surface area (Å²) in [7, 11) is 0. The zero-order valence-electron chi connectivity index (χ0n) is 16.1. The molecule has 1 N–H and O–H groups in total. The molecule has 5 rings (SSSR count). The van der Waals surface area contributed by atoms with Gasteiger partial charge in [-0.15, -0.1) is 0 Å². The molecule has 3 aliphatic heterocycles. The van der Waals surface area contributed by atoms with Gasteiger partial charge >= 0.3 is 0 Å². The number of hydrogen-bond acceptors (Lipinski definition) is 2. The third kappa shape index (κ3) is 3.51. The van der Waals surface area contributed by atoms with Crippen molar-refractivity contribution in [2.75, 3.05) is 19.6 Å². The summed E-state index contributed by atoms with van der Waals surface area (Å²) < 4.78 is 0. The first kappa shape index (κ1) is 17.8. The molecule has 142 valence electrons. The van der Waals surface area contributed by atoms with E-state index in [2.05, 4.69) is 24.9 Å². The molecular weight excluding hydrogens is 338 g/mol. The number of nitrogens with zero attached hydrogens (tertiary/aromatic N) is 2. The molecule has 0 spiro atoms. The van der Waals surface area contributed by atoms with Gasteiger partial charge in [0, 0.05) is 42.8 Å². The summed E-state index contributed by atoms with van der Waals surface area (Å²) in [6.07, 6.45) is 6.30. The van der Waals surface area contributed by atoms with Gasteiger partial charge in [0.25, 0.3) is 0 Å². The Hall–Kier alpha value is -2.56. The average Bonchev–Trinajstić information content (AvgIpc) is 2.85. The number of hydrogen-bond donors (Lipinski definition) is 1. The summed E-state index contributed by atoms with van der Waals surface area (Å²) >= 11 is 0. The molecule has 5 heteroatoms. The number of carbonyl (C=O) groups is 2. The molecule has 3 aliphatic rings. The lowest BCUT2D eigenvalue weighted by Crippen LogP contribution is -2.48. The summed E-state index contributed by atoms with van der Waals surface area (Å²) in [6, 6.07) is 8.19. The molecular formula is C22H27N3O2. The van der Waals surface area contributed by atoms with Crippen LogP contribution in [0.15, 0.2) is 42.1 Å². The minimum Gasteiger partial charge on any atom is -0.361 e. The van der Waals surface area contributed by atoms with Crippen LogP contribution in [-0.2, 0) is 16.0 Å². The first-order chi connectivity index (χ1) is 13.0. The Balaban J connectivity index is 1.50. The van der Waals surface area contributed by atoms with Gasteiger partial charge < -0.3 is 14.8 Å². The second-order valence-electron chi connectivity index (χ2n) is 8.04. The van der Waals surface area contributed by atoms with Crippen molar-refractivity contribution in [1.82, 2.24) is 14.8 Å². The van der Waals surface area contributed by atoms with Crippen LogP contribution in [-0.4, -0.2) is 52.3 Å². The standard InChI is InChI=1S/C22H27N3O2/c1-15(2)9-10-25-18-8-7-16(22(25)27)13-24(14-18)21(26)11-17-12-23-20-6-4-3-5-19(17)20/h3-6,9,12,16,18,23H,7-8,10-11,13-14H2,1-2H3/t16-,18+/m0/s1. The molecule has 2 amide bonds. The van der Waals surface area contributed by atoms with E-state index in [0.29, 0.717) is 26.1 Å². The monoisotopic (exact) mass is 365 g/mol. The maximum atomic E-state index is 13.0. The minimum atomic E-state index is -0.0544. The highest BCUT2D eigenvalue weighted by atomic mass is 16.2. The van der Waals surface area contributed by atoms with Crippen molar-refractivity contribution < 1.29 is 9.59 Å².